The first kappa shape index (κ1) is 14.7. The Balaban J connectivity index is 2.55. The fraction of sp³-hybridized carbons (Fsp3) is 1.00. The van der Waals surface area contributed by atoms with Gasteiger partial charge in [0.2, 0.25) is 0 Å². The second kappa shape index (κ2) is 6.03. The van der Waals surface area contributed by atoms with E-state index in [2.05, 4.69) is 0 Å². The third kappa shape index (κ3) is 4.12. The number of hydrogen-bond acceptors (Lipinski definition) is 1. The highest BCUT2D eigenvalue weighted by Crippen LogP contribution is 2.34. The molecule has 1 rings (SSSR count). The highest BCUT2D eigenvalue weighted by atomic mass is 19.4. The summed E-state index contributed by atoms with van der Waals surface area (Å²) in [6.07, 6.45) is -2.23. The standard InChI is InChI=1S/C12H21F4N/c1-9(2)11(12(14,15)16)17-7-5-10(8-17)4-3-6-13/h9-11H,3-8H2,1-2H3. The van der Waals surface area contributed by atoms with Crippen LogP contribution in [0.25, 0.3) is 0 Å². The van der Waals surface area contributed by atoms with Crippen molar-refractivity contribution in [2.24, 2.45) is 11.8 Å². The second-order valence-electron chi connectivity index (χ2n) is 5.21. The molecule has 2 unspecified atom stereocenters. The third-order valence-electron chi connectivity index (χ3n) is 3.42. The SMILES string of the molecule is CC(C)C(N1CCC(CCCF)C1)C(F)(F)F. The zero-order valence-electron chi connectivity index (χ0n) is 10.4. The summed E-state index contributed by atoms with van der Waals surface area (Å²) < 4.78 is 50.7. The van der Waals surface area contributed by atoms with Gasteiger partial charge in [-0.25, -0.2) is 0 Å². The average Bonchev–Trinajstić information content (AvgIpc) is 2.60. The Morgan fingerprint density at radius 3 is 2.41 bits per heavy atom. The van der Waals surface area contributed by atoms with Crippen LogP contribution >= 0.6 is 0 Å². The largest absolute Gasteiger partial charge is 0.404 e. The van der Waals surface area contributed by atoms with Crippen molar-refractivity contribution >= 4 is 0 Å². The fourth-order valence-corrected chi connectivity index (χ4v) is 2.72. The molecule has 0 saturated carbocycles. The Morgan fingerprint density at radius 2 is 1.94 bits per heavy atom. The predicted molar refractivity (Wildman–Crippen MR) is 59.6 cm³/mol. The van der Waals surface area contributed by atoms with Crippen molar-refractivity contribution in [2.45, 2.75) is 45.3 Å². The fourth-order valence-electron chi connectivity index (χ4n) is 2.72. The lowest BCUT2D eigenvalue weighted by Gasteiger charge is -2.32. The van der Waals surface area contributed by atoms with Crippen LogP contribution in [0.4, 0.5) is 17.6 Å². The van der Waals surface area contributed by atoms with Gasteiger partial charge >= 0.3 is 6.18 Å². The Kier molecular flexibility index (Phi) is 5.22. The van der Waals surface area contributed by atoms with E-state index >= 15 is 0 Å². The van der Waals surface area contributed by atoms with Crippen molar-refractivity contribution in [3.8, 4) is 0 Å². The number of alkyl halides is 4. The van der Waals surface area contributed by atoms with Crippen LogP contribution in [0.5, 0.6) is 0 Å². The molecule has 2 atom stereocenters. The Morgan fingerprint density at radius 1 is 1.29 bits per heavy atom. The molecule has 0 aromatic rings. The Labute approximate surface area is 100 Å². The molecule has 17 heavy (non-hydrogen) atoms. The summed E-state index contributed by atoms with van der Waals surface area (Å²) in [5.74, 6) is -0.204. The minimum atomic E-state index is -4.16. The summed E-state index contributed by atoms with van der Waals surface area (Å²) >= 11 is 0. The monoisotopic (exact) mass is 255 g/mol. The Hall–Kier alpha value is -0.320. The molecule has 1 heterocycles. The molecule has 5 heteroatoms. The topological polar surface area (TPSA) is 3.24 Å². The zero-order valence-corrected chi connectivity index (χ0v) is 10.4. The van der Waals surface area contributed by atoms with E-state index in [4.69, 9.17) is 0 Å². The van der Waals surface area contributed by atoms with Gasteiger partial charge in [-0.3, -0.25) is 9.29 Å². The predicted octanol–water partition coefficient (Wildman–Crippen LogP) is 3.64. The third-order valence-corrected chi connectivity index (χ3v) is 3.42. The quantitative estimate of drug-likeness (QED) is 0.678. The van der Waals surface area contributed by atoms with Crippen molar-refractivity contribution in [1.82, 2.24) is 4.90 Å². The summed E-state index contributed by atoms with van der Waals surface area (Å²) in [7, 11) is 0. The zero-order chi connectivity index (χ0) is 13.1. The lowest BCUT2D eigenvalue weighted by Crippen LogP contribution is -2.48. The normalized spacial score (nSPS) is 24.5. The van der Waals surface area contributed by atoms with Crippen molar-refractivity contribution in [1.29, 1.82) is 0 Å². The molecule has 1 saturated heterocycles. The second-order valence-corrected chi connectivity index (χ2v) is 5.21. The molecule has 0 amide bonds. The van der Waals surface area contributed by atoms with Gasteiger partial charge in [-0.15, -0.1) is 0 Å². The van der Waals surface area contributed by atoms with E-state index in [9.17, 15) is 17.6 Å². The van der Waals surface area contributed by atoms with Crippen LogP contribution in [0.1, 0.15) is 33.1 Å². The smallest absolute Gasteiger partial charge is 0.292 e. The van der Waals surface area contributed by atoms with Crippen LogP contribution in [-0.2, 0) is 0 Å². The minimum Gasteiger partial charge on any atom is -0.292 e. The van der Waals surface area contributed by atoms with Crippen molar-refractivity contribution < 1.29 is 17.6 Å². The molecule has 0 radical (unpaired) electrons. The van der Waals surface area contributed by atoms with Crippen LogP contribution in [-0.4, -0.2) is 36.9 Å². The molecule has 0 N–H and O–H groups in total. The molecular weight excluding hydrogens is 234 g/mol. The molecule has 1 fully saturated rings. The number of rotatable bonds is 5. The highest BCUT2D eigenvalue weighted by Gasteiger charge is 2.46. The first-order valence-corrected chi connectivity index (χ1v) is 6.23. The molecule has 0 spiro atoms. The van der Waals surface area contributed by atoms with Gasteiger partial charge in [-0.05, 0) is 37.6 Å². The van der Waals surface area contributed by atoms with E-state index in [1.165, 1.54) is 4.90 Å². The summed E-state index contributed by atoms with van der Waals surface area (Å²) in [5.41, 5.74) is 0. The molecule has 1 aliphatic rings. The highest BCUT2D eigenvalue weighted by molar-refractivity contribution is 4.87. The number of halogens is 4. The van der Waals surface area contributed by atoms with E-state index in [1.54, 1.807) is 13.8 Å². The van der Waals surface area contributed by atoms with E-state index in [-0.39, 0.29) is 12.6 Å². The maximum absolute atomic E-state index is 12.9. The van der Waals surface area contributed by atoms with Crippen molar-refractivity contribution in [3.05, 3.63) is 0 Å². The van der Waals surface area contributed by atoms with E-state index in [0.717, 1.165) is 6.42 Å². The first-order chi connectivity index (χ1) is 7.86. The summed E-state index contributed by atoms with van der Waals surface area (Å²) in [6.45, 7) is 3.78. The number of nitrogens with zero attached hydrogens (tertiary/aromatic N) is 1. The lowest BCUT2D eigenvalue weighted by atomic mass is 10.0. The van der Waals surface area contributed by atoms with Crippen LogP contribution in [0.15, 0.2) is 0 Å². The van der Waals surface area contributed by atoms with Gasteiger partial charge in [0, 0.05) is 6.54 Å². The summed E-state index contributed by atoms with van der Waals surface area (Å²) in [6, 6.07) is -1.35. The van der Waals surface area contributed by atoms with Crippen LogP contribution in [0.3, 0.4) is 0 Å². The van der Waals surface area contributed by atoms with Gasteiger partial charge in [0.05, 0.1) is 6.67 Å². The molecule has 0 aliphatic carbocycles. The molecule has 102 valence electrons. The molecule has 0 aromatic carbocycles. The van der Waals surface area contributed by atoms with Crippen LogP contribution in [0.2, 0.25) is 0 Å². The minimum absolute atomic E-state index is 0.231. The van der Waals surface area contributed by atoms with Gasteiger partial charge in [0.1, 0.15) is 6.04 Å². The van der Waals surface area contributed by atoms with Gasteiger partial charge in [0.15, 0.2) is 0 Å². The van der Waals surface area contributed by atoms with Crippen molar-refractivity contribution in [2.75, 3.05) is 19.8 Å². The molecular formula is C12H21F4N. The average molecular weight is 255 g/mol. The molecule has 0 bridgehead atoms. The van der Waals surface area contributed by atoms with E-state index in [0.29, 0.717) is 25.9 Å². The maximum Gasteiger partial charge on any atom is 0.404 e. The van der Waals surface area contributed by atoms with Crippen molar-refractivity contribution in [3.63, 3.8) is 0 Å². The van der Waals surface area contributed by atoms with Gasteiger partial charge in [0.25, 0.3) is 0 Å². The number of likely N-dealkylation sites (tertiary alicyclic amines) is 1. The first-order valence-electron chi connectivity index (χ1n) is 6.23. The van der Waals surface area contributed by atoms with Gasteiger partial charge in [-0.2, -0.15) is 13.2 Å². The van der Waals surface area contributed by atoms with E-state index in [1.807, 2.05) is 0 Å². The molecule has 0 aromatic heterocycles. The summed E-state index contributed by atoms with van der Waals surface area (Å²) in [4.78, 5) is 1.52. The Bertz CT molecular complexity index is 227. The van der Waals surface area contributed by atoms with Crippen LogP contribution < -0.4 is 0 Å². The number of hydrogen-bond donors (Lipinski definition) is 0. The maximum atomic E-state index is 12.9. The molecule has 1 aliphatic heterocycles. The van der Waals surface area contributed by atoms with Gasteiger partial charge < -0.3 is 0 Å². The molecule has 1 nitrogen and oxygen atoms in total. The summed E-state index contributed by atoms with van der Waals surface area (Å²) in [5, 5.41) is 0. The van der Waals surface area contributed by atoms with Crippen LogP contribution in [0, 0.1) is 11.8 Å². The van der Waals surface area contributed by atoms with Gasteiger partial charge in [-0.1, -0.05) is 13.8 Å². The lowest BCUT2D eigenvalue weighted by molar-refractivity contribution is -0.192. The van der Waals surface area contributed by atoms with E-state index < -0.39 is 18.1 Å².